The van der Waals surface area contributed by atoms with Gasteiger partial charge in [0.1, 0.15) is 10.8 Å². The summed E-state index contributed by atoms with van der Waals surface area (Å²) in [5, 5.41) is 3.50. The molecule has 152 valence electrons. The van der Waals surface area contributed by atoms with Crippen LogP contribution in [0.1, 0.15) is 28.8 Å². The van der Waals surface area contributed by atoms with E-state index in [0.29, 0.717) is 5.13 Å². The molecule has 4 aromatic rings. The second-order valence-electron chi connectivity index (χ2n) is 6.85. The lowest BCUT2D eigenvalue weighted by Crippen LogP contribution is -2.23. The number of carbonyl (C=O) groups is 1. The molecule has 0 N–H and O–H groups in total. The van der Waals surface area contributed by atoms with Crippen LogP contribution in [-0.4, -0.2) is 23.0 Å². The van der Waals surface area contributed by atoms with Gasteiger partial charge in [-0.05, 0) is 61.4 Å². The number of aromatic nitrogens is 2. The van der Waals surface area contributed by atoms with E-state index in [2.05, 4.69) is 9.97 Å². The number of rotatable bonds is 5. The third kappa shape index (κ3) is 3.99. The van der Waals surface area contributed by atoms with Crippen LogP contribution in [0.3, 0.4) is 0 Å². The predicted octanol–water partition coefficient (Wildman–Crippen LogP) is 6.23. The maximum absolute atomic E-state index is 12.4. The van der Waals surface area contributed by atoms with Crippen LogP contribution in [0, 0.1) is 13.8 Å². The Morgan fingerprint density at radius 2 is 1.97 bits per heavy atom. The molecule has 2 aromatic carbocycles. The molecule has 7 heteroatoms. The predicted molar refractivity (Wildman–Crippen MR) is 126 cm³/mol. The van der Waals surface area contributed by atoms with E-state index in [9.17, 15) is 4.79 Å². The molecule has 30 heavy (non-hydrogen) atoms. The van der Waals surface area contributed by atoms with Gasteiger partial charge in [-0.3, -0.25) is 9.69 Å². The van der Waals surface area contributed by atoms with Crippen molar-refractivity contribution in [1.82, 2.24) is 9.97 Å². The fraction of sp³-hybridized carbons (Fsp3) is 0.174. The van der Waals surface area contributed by atoms with E-state index >= 15 is 0 Å². The number of fused-ring (bicyclic) bond motifs is 1. The standard InChI is InChI=1S/C23H21N3O2S2/c1-14-6-5-7-20(15(14)2)26(16(3)27)23-24-17(13-29-23)8-11-22-25-19-10-9-18(28-4)12-21(19)30-22/h5-13H,1-4H3. The molecule has 2 heterocycles. The minimum Gasteiger partial charge on any atom is -0.497 e. The number of aryl methyl sites for hydroxylation is 1. The lowest BCUT2D eigenvalue weighted by atomic mass is 10.1. The van der Waals surface area contributed by atoms with E-state index in [-0.39, 0.29) is 5.91 Å². The van der Waals surface area contributed by atoms with Gasteiger partial charge in [0.2, 0.25) is 5.91 Å². The number of anilines is 2. The fourth-order valence-corrected chi connectivity index (χ4v) is 4.86. The largest absolute Gasteiger partial charge is 0.497 e. The highest BCUT2D eigenvalue weighted by molar-refractivity contribution is 7.19. The zero-order valence-electron chi connectivity index (χ0n) is 17.2. The number of hydrogen-bond donors (Lipinski definition) is 0. The highest BCUT2D eigenvalue weighted by Gasteiger charge is 2.19. The first-order chi connectivity index (χ1) is 14.5. The van der Waals surface area contributed by atoms with E-state index < -0.39 is 0 Å². The molecule has 0 aliphatic heterocycles. The lowest BCUT2D eigenvalue weighted by Gasteiger charge is -2.21. The Bertz CT molecular complexity index is 1260. The number of methoxy groups -OCH3 is 1. The van der Waals surface area contributed by atoms with Crippen LogP contribution in [0.25, 0.3) is 22.4 Å². The van der Waals surface area contributed by atoms with Crippen molar-refractivity contribution in [2.45, 2.75) is 20.8 Å². The first-order valence-electron chi connectivity index (χ1n) is 9.41. The maximum Gasteiger partial charge on any atom is 0.230 e. The summed E-state index contributed by atoms with van der Waals surface area (Å²) in [6.07, 6.45) is 3.88. The van der Waals surface area contributed by atoms with E-state index in [4.69, 9.17) is 4.74 Å². The Morgan fingerprint density at radius 3 is 2.73 bits per heavy atom. The van der Waals surface area contributed by atoms with Crippen molar-refractivity contribution in [2.75, 3.05) is 12.0 Å². The summed E-state index contributed by atoms with van der Waals surface area (Å²) in [6.45, 7) is 5.63. The van der Waals surface area contributed by atoms with E-state index in [1.54, 1.807) is 30.3 Å². The molecule has 0 fully saturated rings. The molecule has 2 aromatic heterocycles. The number of ether oxygens (including phenoxy) is 1. The second kappa shape index (κ2) is 8.38. The van der Waals surface area contributed by atoms with Gasteiger partial charge in [0.15, 0.2) is 5.13 Å². The highest BCUT2D eigenvalue weighted by atomic mass is 32.1. The highest BCUT2D eigenvalue weighted by Crippen LogP contribution is 2.33. The van der Waals surface area contributed by atoms with Crippen molar-refractivity contribution in [3.63, 3.8) is 0 Å². The molecule has 0 aliphatic rings. The Labute approximate surface area is 183 Å². The normalized spacial score (nSPS) is 11.3. The van der Waals surface area contributed by atoms with Gasteiger partial charge < -0.3 is 4.74 Å². The molecular weight excluding hydrogens is 414 g/mol. The summed E-state index contributed by atoms with van der Waals surface area (Å²) >= 11 is 3.05. The number of amides is 1. The van der Waals surface area contributed by atoms with Crippen LogP contribution < -0.4 is 9.64 Å². The Morgan fingerprint density at radius 1 is 1.13 bits per heavy atom. The van der Waals surface area contributed by atoms with Gasteiger partial charge >= 0.3 is 0 Å². The van der Waals surface area contributed by atoms with Crippen LogP contribution in [0.15, 0.2) is 41.8 Å². The maximum atomic E-state index is 12.4. The molecule has 0 radical (unpaired) electrons. The number of carbonyl (C=O) groups excluding carboxylic acids is 1. The molecule has 0 spiro atoms. The summed E-state index contributed by atoms with van der Waals surface area (Å²) in [5.74, 6) is 0.760. The SMILES string of the molecule is COc1ccc2nc(C=Cc3csc(N(C(C)=O)c4cccc(C)c4C)n3)sc2c1. The van der Waals surface area contributed by atoms with Crippen molar-refractivity contribution >= 4 is 61.8 Å². The summed E-state index contributed by atoms with van der Waals surface area (Å²) < 4.78 is 6.35. The van der Waals surface area contributed by atoms with Crippen molar-refractivity contribution < 1.29 is 9.53 Å². The zero-order valence-corrected chi connectivity index (χ0v) is 18.8. The van der Waals surface area contributed by atoms with Crippen LogP contribution in [0.2, 0.25) is 0 Å². The lowest BCUT2D eigenvalue weighted by molar-refractivity contribution is -0.115. The number of thiazole rings is 2. The third-order valence-electron chi connectivity index (χ3n) is 4.84. The second-order valence-corrected chi connectivity index (χ2v) is 8.75. The van der Waals surface area contributed by atoms with Gasteiger partial charge in [-0.1, -0.05) is 12.1 Å². The first-order valence-corrected chi connectivity index (χ1v) is 11.1. The Kier molecular flexibility index (Phi) is 5.65. The minimum absolute atomic E-state index is 0.0614. The quantitative estimate of drug-likeness (QED) is 0.373. The number of benzene rings is 2. The first kappa shape index (κ1) is 20.3. The van der Waals surface area contributed by atoms with Crippen LogP contribution in [0.5, 0.6) is 5.75 Å². The van der Waals surface area contributed by atoms with Crippen molar-refractivity contribution in [3.05, 3.63) is 63.6 Å². The molecule has 4 rings (SSSR count). The fourth-order valence-electron chi connectivity index (χ4n) is 3.12. The van der Waals surface area contributed by atoms with Gasteiger partial charge in [0.25, 0.3) is 0 Å². The van der Waals surface area contributed by atoms with Crippen molar-refractivity contribution in [1.29, 1.82) is 0 Å². The topological polar surface area (TPSA) is 55.3 Å². The number of hydrogen-bond acceptors (Lipinski definition) is 6. The molecule has 0 bridgehead atoms. The molecule has 0 saturated heterocycles. The monoisotopic (exact) mass is 435 g/mol. The van der Waals surface area contributed by atoms with Gasteiger partial charge in [-0.15, -0.1) is 22.7 Å². The third-order valence-corrected chi connectivity index (χ3v) is 6.67. The Balaban J connectivity index is 1.61. The molecule has 0 atom stereocenters. The average Bonchev–Trinajstić information content (AvgIpc) is 3.35. The summed E-state index contributed by atoms with van der Waals surface area (Å²) in [7, 11) is 1.66. The van der Waals surface area contributed by atoms with Gasteiger partial charge in [0, 0.05) is 12.3 Å². The molecule has 0 aliphatic carbocycles. The number of nitrogens with zero attached hydrogens (tertiary/aromatic N) is 3. The minimum atomic E-state index is -0.0614. The van der Waals surface area contributed by atoms with Gasteiger partial charge in [-0.2, -0.15) is 0 Å². The smallest absolute Gasteiger partial charge is 0.230 e. The summed E-state index contributed by atoms with van der Waals surface area (Å²) in [4.78, 5) is 23.4. The summed E-state index contributed by atoms with van der Waals surface area (Å²) in [5.41, 5.74) is 4.82. The van der Waals surface area contributed by atoms with Crippen LogP contribution >= 0.6 is 22.7 Å². The van der Waals surface area contributed by atoms with E-state index in [0.717, 1.165) is 43.5 Å². The molecule has 0 unspecified atom stereocenters. The van der Waals surface area contributed by atoms with Crippen molar-refractivity contribution in [2.24, 2.45) is 0 Å². The molecule has 5 nitrogen and oxygen atoms in total. The zero-order chi connectivity index (χ0) is 21.3. The molecule has 0 saturated carbocycles. The van der Waals surface area contributed by atoms with E-state index in [1.165, 1.54) is 11.3 Å². The average molecular weight is 436 g/mol. The summed E-state index contributed by atoms with van der Waals surface area (Å²) in [6, 6.07) is 11.8. The van der Waals surface area contributed by atoms with E-state index in [1.807, 2.05) is 67.8 Å². The van der Waals surface area contributed by atoms with Crippen molar-refractivity contribution in [3.8, 4) is 5.75 Å². The molecular formula is C23H21N3O2S2. The van der Waals surface area contributed by atoms with Gasteiger partial charge in [-0.25, -0.2) is 9.97 Å². The van der Waals surface area contributed by atoms with Gasteiger partial charge in [0.05, 0.1) is 28.7 Å². The van der Waals surface area contributed by atoms with Crippen LogP contribution in [-0.2, 0) is 4.79 Å². The molecule has 1 amide bonds. The Hall–Kier alpha value is -3.03. The van der Waals surface area contributed by atoms with Crippen LogP contribution in [0.4, 0.5) is 10.8 Å².